The minimum Gasteiger partial charge on any atom is -0.508 e. The van der Waals surface area contributed by atoms with Crippen LogP contribution in [-0.4, -0.2) is 21.8 Å². The number of phenols is 1. The van der Waals surface area contributed by atoms with Crippen molar-refractivity contribution in [2.45, 2.75) is 0 Å². The minimum absolute atomic E-state index is 0.247. The number of fused-ring (bicyclic) bond motifs is 1. The van der Waals surface area contributed by atoms with Crippen LogP contribution in [0.15, 0.2) is 42.5 Å². The van der Waals surface area contributed by atoms with Gasteiger partial charge in [-0.3, -0.25) is 0 Å². The molecule has 1 heterocycles. The summed E-state index contributed by atoms with van der Waals surface area (Å²) in [6.07, 6.45) is 0. The lowest BCUT2D eigenvalue weighted by atomic mass is 10.2. The summed E-state index contributed by atoms with van der Waals surface area (Å²) in [6.45, 7) is 0. The molecule has 4 nitrogen and oxygen atoms in total. The lowest BCUT2D eigenvalue weighted by Crippen LogP contribution is -1.92. The van der Waals surface area contributed by atoms with Gasteiger partial charge in [-0.2, -0.15) is 0 Å². The second kappa shape index (κ2) is 4.31. The number of rotatable bonds is 2. The summed E-state index contributed by atoms with van der Waals surface area (Å²) in [4.78, 5) is 4.59. The van der Waals surface area contributed by atoms with Gasteiger partial charge in [0.05, 0.1) is 18.1 Å². The maximum absolute atomic E-state index is 9.55. The predicted molar refractivity (Wildman–Crippen MR) is 74.4 cm³/mol. The van der Waals surface area contributed by atoms with Crippen molar-refractivity contribution in [3.8, 4) is 22.9 Å². The van der Waals surface area contributed by atoms with Gasteiger partial charge in [-0.1, -0.05) is 0 Å². The fourth-order valence-electron chi connectivity index (χ4n) is 2.18. The molecule has 4 heteroatoms. The van der Waals surface area contributed by atoms with Crippen molar-refractivity contribution in [3.63, 3.8) is 0 Å². The highest BCUT2D eigenvalue weighted by molar-refractivity contribution is 5.81. The lowest BCUT2D eigenvalue weighted by molar-refractivity contribution is 0.415. The largest absolute Gasteiger partial charge is 0.508 e. The van der Waals surface area contributed by atoms with E-state index in [-0.39, 0.29) is 5.75 Å². The predicted octanol–water partition coefficient (Wildman–Crippen LogP) is 2.95. The average molecular weight is 254 g/mol. The fourth-order valence-corrected chi connectivity index (χ4v) is 2.18. The average Bonchev–Trinajstić information content (AvgIpc) is 2.76. The smallest absolute Gasteiger partial charge is 0.140 e. The van der Waals surface area contributed by atoms with E-state index in [9.17, 15) is 5.11 Å². The Bertz CT molecular complexity index is 730. The van der Waals surface area contributed by atoms with Crippen LogP contribution in [0.5, 0.6) is 11.5 Å². The highest BCUT2D eigenvalue weighted by atomic mass is 16.5. The quantitative estimate of drug-likeness (QED) is 0.764. The minimum atomic E-state index is 0.247. The zero-order chi connectivity index (χ0) is 13.4. The van der Waals surface area contributed by atoms with Crippen LogP contribution in [0.1, 0.15) is 0 Å². The number of hydrogen-bond donors (Lipinski definition) is 1. The number of nitrogens with zero attached hydrogens (tertiary/aromatic N) is 2. The van der Waals surface area contributed by atoms with Gasteiger partial charge in [0.25, 0.3) is 0 Å². The molecule has 3 aromatic rings. The van der Waals surface area contributed by atoms with Crippen molar-refractivity contribution in [2.75, 3.05) is 7.11 Å². The molecule has 0 amide bonds. The first-order chi connectivity index (χ1) is 9.19. The Kier molecular flexibility index (Phi) is 2.63. The number of methoxy groups -OCH3 is 1. The Morgan fingerprint density at radius 2 is 1.84 bits per heavy atom. The summed E-state index contributed by atoms with van der Waals surface area (Å²) < 4.78 is 7.12. The zero-order valence-corrected chi connectivity index (χ0v) is 10.8. The van der Waals surface area contributed by atoms with Crippen molar-refractivity contribution < 1.29 is 9.84 Å². The number of aromatic nitrogens is 2. The van der Waals surface area contributed by atoms with Crippen LogP contribution in [0.2, 0.25) is 0 Å². The van der Waals surface area contributed by atoms with Gasteiger partial charge < -0.3 is 14.4 Å². The van der Waals surface area contributed by atoms with E-state index in [2.05, 4.69) is 4.98 Å². The molecule has 0 atom stereocenters. The van der Waals surface area contributed by atoms with E-state index < -0.39 is 0 Å². The third-order valence-corrected chi connectivity index (χ3v) is 3.21. The first-order valence-electron chi connectivity index (χ1n) is 5.99. The molecular weight excluding hydrogens is 240 g/mol. The molecule has 2 aromatic carbocycles. The van der Waals surface area contributed by atoms with Crippen molar-refractivity contribution >= 4 is 11.0 Å². The summed E-state index contributed by atoms with van der Waals surface area (Å²) in [5.41, 5.74) is 2.79. The van der Waals surface area contributed by atoms with Crippen LogP contribution in [0.3, 0.4) is 0 Å². The zero-order valence-electron chi connectivity index (χ0n) is 10.8. The highest BCUT2D eigenvalue weighted by Crippen LogP contribution is 2.27. The van der Waals surface area contributed by atoms with E-state index in [1.54, 1.807) is 19.2 Å². The molecule has 3 rings (SSSR count). The molecule has 1 N–H and O–H groups in total. The fraction of sp³-hybridized carbons (Fsp3) is 0.133. The van der Waals surface area contributed by atoms with Gasteiger partial charge in [0.2, 0.25) is 0 Å². The van der Waals surface area contributed by atoms with E-state index in [0.29, 0.717) is 0 Å². The molecule has 96 valence electrons. The Hall–Kier alpha value is -2.49. The Labute approximate surface area is 110 Å². The summed E-state index contributed by atoms with van der Waals surface area (Å²) in [6, 6.07) is 12.9. The van der Waals surface area contributed by atoms with Crippen LogP contribution in [0.4, 0.5) is 0 Å². The van der Waals surface area contributed by atoms with Crippen molar-refractivity contribution in [1.82, 2.24) is 9.55 Å². The number of hydrogen-bond acceptors (Lipinski definition) is 3. The number of benzene rings is 2. The topological polar surface area (TPSA) is 47.3 Å². The number of ether oxygens (including phenoxy) is 1. The molecule has 0 aliphatic heterocycles. The summed E-state index contributed by atoms with van der Waals surface area (Å²) in [5, 5.41) is 9.55. The molecule has 0 unspecified atom stereocenters. The summed E-state index contributed by atoms with van der Waals surface area (Å²) in [7, 11) is 3.58. The third kappa shape index (κ3) is 1.91. The highest BCUT2D eigenvalue weighted by Gasteiger charge is 2.10. The van der Waals surface area contributed by atoms with Crippen LogP contribution in [0.25, 0.3) is 22.4 Å². The summed E-state index contributed by atoms with van der Waals surface area (Å²) in [5.74, 6) is 1.93. The Morgan fingerprint density at radius 1 is 1.11 bits per heavy atom. The first kappa shape index (κ1) is 11.6. The molecule has 19 heavy (non-hydrogen) atoms. The maximum atomic E-state index is 9.55. The lowest BCUT2D eigenvalue weighted by Gasteiger charge is -2.04. The van der Waals surface area contributed by atoms with Crippen LogP contribution < -0.4 is 4.74 Å². The number of aryl methyl sites for hydroxylation is 1. The molecule has 0 saturated carbocycles. The second-order valence-electron chi connectivity index (χ2n) is 4.40. The van der Waals surface area contributed by atoms with E-state index in [1.807, 2.05) is 41.9 Å². The molecule has 0 saturated heterocycles. The van der Waals surface area contributed by atoms with Gasteiger partial charge in [-0.15, -0.1) is 0 Å². The van der Waals surface area contributed by atoms with Crippen LogP contribution in [-0.2, 0) is 7.05 Å². The molecule has 0 fully saturated rings. The molecular formula is C15H14N2O2. The standard InChI is InChI=1S/C15H14N2O2/c1-17-14-9-11(18)5-8-13(14)16-15(17)10-3-6-12(19-2)7-4-10/h3-9,18H,1-2H3. The Balaban J connectivity index is 2.16. The van der Waals surface area contributed by atoms with Gasteiger partial charge in [0.1, 0.15) is 17.3 Å². The van der Waals surface area contributed by atoms with Gasteiger partial charge >= 0.3 is 0 Å². The number of phenolic OH excluding ortho intramolecular Hbond substituents is 1. The third-order valence-electron chi connectivity index (χ3n) is 3.21. The van der Waals surface area contributed by atoms with Crippen molar-refractivity contribution in [1.29, 1.82) is 0 Å². The van der Waals surface area contributed by atoms with E-state index in [1.165, 1.54) is 0 Å². The molecule has 0 aliphatic carbocycles. The van der Waals surface area contributed by atoms with Gasteiger partial charge in [-0.05, 0) is 36.4 Å². The second-order valence-corrected chi connectivity index (χ2v) is 4.40. The number of aromatic hydroxyl groups is 1. The first-order valence-corrected chi connectivity index (χ1v) is 5.99. The monoisotopic (exact) mass is 254 g/mol. The van der Waals surface area contributed by atoms with Crippen LogP contribution >= 0.6 is 0 Å². The van der Waals surface area contributed by atoms with Crippen molar-refractivity contribution in [3.05, 3.63) is 42.5 Å². The normalized spacial score (nSPS) is 10.8. The van der Waals surface area contributed by atoms with E-state index >= 15 is 0 Å². The van der Waals surface area contributed by atoms with E-state index in [4.69, 9.17) is 4.74 Å². The molecule has 0 aliphatic rings. The SMILES string of the molecule is COc1ccc(-c2nc3ccc(O)cc3n2C)cc1. The van der Waals surface area contributed by atoms with E-state index in [0.717, 1.165) is 28.2 Å². The maximum Gasteiger partial charge on any atom is 0.140 e. The van der Waals surface area contributed by atoms with Gasteiger partial charge in [-0.25, -0.2) is 4.98 Å². The van der Waals surface area contributed by atoms with Gasteiger partial charge in [0.15, 0.2) is 0 Å². The molecule has 0 radical (unpaired) electrons. The molecule has 0 spiro atoms. The van der Waals surface area contributed by atoms with Crippen molar-refractivity contribution in [2.24, 2.45) is 7.05 Å². The molecule has 1 aromatic heterocycles. The summed E-state index contributed by atoms with van der Waals surface area (Å²) >= 11 is 0. The number of imidazole rings is 1. The van der Waals surface area contributed by atoms with Crippen LogP contribution in [0, 0.1) is 0 Å². The van der Waals surface area contributed by atoms with Gasteiger partial charge in [0, 0.05) is 18.7 Å². The Morgan fingerprint density at radius 3 is 2.53 bits per heavy atom. The molecule has 0 bridgehead atoms.